The van der Waals surface area contributed by atoms with Crippen LogP contribution in [0.2, 0.25) is 0 Å². The first-order chi connectivity index (χ1) is 16.5. The third-order valence-electron chi connectivity index (χ3n) is 6.41. The van der Waals surface area contributed by atoms with E-state index in [2.05, 4.69) is 36.4 Å². The van der Waals surface area contributed by atoms with Crippen LogP contribution in [0.25, 0.3) is 22.8 Å². The summed E-state index contributed by atoms with van der Waals surface area (Å²) < 4.78 is 0.996. The van der Waals surface area contributed by atoms with E-state index >= 15 is 0 Å². The van der Waals surface area contributed by atoms with Gasteiger partial charge in [-0.3, -0.25) is 9.59 Å². The topological polar surface area (TPSA) is 77.2 Å². The van der Waals surface area contributed by atoms with E-state index in [0.29, 0.717) is 23.4 Å². The summed E-state index contributed by atoms with van der Waals surface area (Å²) in [6, 6.07) is 15.7. The highest BCUT2D eigenvalue weighted by atomic mass is 79.9. The quantitative estimate of drug-likeness (QED) is 0.398. The molecule has 2 aliphatic heterocycles. The Bertz CT molecular complexity index is 1270. The van der Waals surface area contributed by atoms with Gasteiger partial charge in [0, 0.05) is 34.5 Å². The fourth-order valence-electron chi connectivity index (χ4n) is 4.74. The van der Waals surface area contributed by atoms with Crippen LogP contribution in [-0.4, -0.2) is 47.9 Å². The van der Waals surface area contributed by atoms with E-state index in [0.717, 1.165) is 52.2 Å². The summed E-state index contributed by atoms with van der Waals surface area (Å²) in [5.74, 6) is -0.303. The normalized spacial score (nSPS) is 16.6. The zero-order valence-corrected chi connectivity index (χ0v) is 20.7. The molecule has 3 heterocycles. The zero-order valence-electron chi connectivity index (χ0n) is 19.1. The maximum absolute atomic E-state index is 13.0. The number of amides is 2. The predicted octanol–water partition coefficient (Wildman–Crippen LogP) is 5.07. The summed E-state index contributed by atoms with van der Waals surface area (Å²) in [6.07, 6.45) is 4.26. The Balaban J connectivity index is 1.45. The average molecular weight is 519 g/mol. The minimum absolute atomic E-state index is 0.129. The number of aromatic amines is 1. The number of aryl methyl sites for hydroxylation is 1. The molecule has 2 amide bonds. The number of carbonyl (C=O) groups is 2. The fraction of sp³-hybridized carbons (Fsp3) is 0.259. The van der Waals surface area contributed by atoms with Crippen LogP contribution in [0.5, 0.6) is 0 Å². The molecule has 5 rings (SSSR count). The SMILES string of the molecule is Cc1cc(C(=O)NCCN2CCCC2)c(/C=C2\C(=O)Nc3cccc(-c4ccc(Br)cc4)c32)[nH]1. The number of benzene rings is 2. The Labute approximate surface area is 207 Å². The molecular formula is C27H27BrN4O2. The molecule has 1 saturated heterocycles. The van der Waals surface area contributed by atoms with Crippen molar-refractivity contribution in [3.63, 3.8) is 0 Å². The van der Waals surface area contributed by atoms with Crippen LogP contribution in [-0.2, 0) is 4.79 Å². The van der Waals surface area contributed by atoms with Crippen molar-refractivity contribution in [1.29, 1.82) is 0 Å². The summed E-state index contributed by atoms with van der Waals surface area (Å²) in [4.78, 5) is 31.6. The molecule has 0 aliphatic carbocycles. The number of rotatable bonds is 6. The van der Waals surface area contributed by atoms with Gasteiger partial charge in [0.25, 0.3) is 11.8 Å². The van der Waals surface area contributed by atoms with Crippen molar-refractivity contribution in [1.82, 2.24) is 15.2 Å². The number of fused-ring (bicyclic) bond motifs is 1. The summed E-state index contributed by atoms with van der Waals surface area (Å²) in [6.45, 7) is 5.59. The van der Waals surface area contributed by atoms with Crippen LogP contribution >= 0.6 is 15.9 Å². The Hall–Kier alpha value is -3.16. The zero-order chi connectivity index (χ0) is 23.7. The molecule has 6 nitrogen and oxygen atoms in total. The number of anilines is 1. The lowest BCUT2D eigenvalue weighted by molar-refractivity contribution is -0.110. The first kappa shape index (κ1) is 22.6. The number of likely N-dealkylation sites (tertiary alicyclic amines) is 1. The molecule has 0 spiro atoms. The molecule has 0 saturated carbocycles. The first-order valence-corrected chi connectivity index (χ1v) is 12.4. The molecule has 3 aromatic rings. The molecule has 1 aromatic heterocycles. The van der Waals surface area contributed by atoms with Crippen LogP contribution in [0.3, 0.4) is 0 Å². The van der Waals surface area contributed by atoms with Gasteiger partial charge in [0.1, 0.15) is 0 Å². The third-order valence-corrected chi connectivity index (χ3v) is 6.94. The van der Waals surface area contributed by atoms with Gasteiger partial charge in [-0.25, -0.2) is 0 Å². The minimum Gasteiger partial charge on any atom is -0.358 e. The molecule has 34 heavy (non-hydrogen) atoms. The lowest BCUT2D eigenvalue weighted by Gasteiger charge is -2.14. The highest BCUT2D eigenvalue weighted by Crippen LogP contribution is 2.40. The number of aromatic nitrogens is 1. The maximum Gasteiger partial charge on any atom is 0.256 e. The van der Waals surface area contributed by atoms with E-state index in [-0.39, 0.29) is 11.8 Å². The molecule has 2 aliphatic rings. The molecule has 174 valence electrons. The second kappa shape index (κ2) is 9.60. The molecule has 1 fully saturated rings. The second-order valence-corrected chi connectivity index (χ2v) is 9.75. The van der Waals surface area contributed by atoms with Gasteiger partial charge in [-0.1, -0.05) is 40.2 Å². The number of nitrogens with one attached hydrogen (secondary N) is 3. The largest absolute Gasteiger partial charge is 0.358 e. The van der Waals surface area contributed by atoms with E-state index in [1.54, 1.807) is 6.08 Å². The van der Waals surface area contributed by atoms with Crippen molar-refractivity contribution in [2.75, 3.05) is 31.5 Å². The summed E-state index contributed by atoms with van der Waals surface area (Å²) >= 11 is 3.48. The lowest BCUT2D eigenvalue weighted by atomic mass is 9.94. The summed E-state index contributed by atoms with van der Waals surface area (Å²) in [5.41, 5.74) is 6.21. The van der Waals surface area contributed by atoms with Crippen LogP contribution < -0.4 is 10.6 Å². The van der Waals surface area contributed by atoms with Gasteiger partial charge in [0.2, 0.25) is 0 Å². The number of hydrogen-bond donors (Lipinski definition) is 3. The van der Waals surface area contributed by atoms with Crippen molar-refractivity contribution in [3.8, 4) is 11.1 Å². The standard InChI is InChI=1S/C27H27BrN4O2/c1-17-15-21(26(33)29-11-14-32-12-2-3-13-32)24(30-17)16-22-25-20(18-7-9-19(28)10-8-18)5-4-6-23(25)31-27(22)34/h4-10,15-16,30H,2-3,11-14H2,1H3,(H,29,33)(H,31,34)/b22-16-. The molecule has 0 bridgehead atoms. The number of hydrogen-bond acceptors (Lipinski definition) is 3. The van der Waals surface area contributed by atoms with E-state index in [1.165, 1.54) is 12.8 Å². The maximum atomic E-state index is 13.0. The molecule has 3 N–H and O–H groups in total. The van der Waals surface area contributed by atoms with Crippen molar-refractivity contribution in [3.05, 3.63) is 75.5 Å². The molecular weight excluding hydrogens is 492 g/mol. The van der Waals surface area contributed by atoms with Gasteiger partial charge in [-0.2, -0.15) is 0 Å². The second-order valence-electron chi connectivity index (χ2n) is 8.83. The number of halogens is 1. The first-order valence-electron chi connectivity index (χ1n) is 11.6. The monoisotopic (exact) mass is 518 g/mol. The Morgan fingerprint density at radius 2 is 1.91 bits per heavy atom. The van der Waals surface area contributed by atoms with Crippen LogP contribution in [0, 0.1) is 6.92 Å². The number of H-pyrrole nitrogens is 1. The average Bonchev–Trinajstić information content (AvgIpc) is 3.54. The van der Waals surface area contributed by atoms with Crippen LogP contribution in [0.15, 0.2) is 53.0 Å². The highest BCUT2D eigenvalue weighted by Gasteiger charge is 2.28. The molecule has 0 unspecified atom stereocenters. The Morgan fingerprint density at radius 1 is 1.15 bits per heavy atom. The minimum atomic E-state index is -0.174. The van der Waals surface area contributed by atoms with Crippen molar-refractivity contribution < 1.29 is 9.59 Å². The van der Waals surface area contributed by atoms with Crippen LogP contribution in [0.1, 0.15) is 40.2 Å². The third kappa shape index (κ3) is 4.58. The molecule has 2 aromatic carbocycles. The molecule has 0 radical (unpaired) electrons. The Kier molecular flexibility index (Phi) is 6.39. The predicted molar refractivity (Wildman–Crippen MR) is 140 cm³/mol. The van der Waals surface area contributed by atoms with Gasteiger partial charge in [0.05, 0.1) is 16.8 Å². The van der Waals surface area contributed by atoms with Gasteiger partial charge in [0.15, 0.2) is 0 Å². The van der Waals surface area contributed by atoms with E-state index in [1.807, 2.05) is 55.5 Å². The van der Waals surface area contributed by atoms with Crippen molar-refractivity contribution in [2.45, 2.75) is 19.8 Å². The van der Waals surface area contributed by atoms with E-state index < -0.39 is 0 Å². The molecule has 0 atom stereocenters. The van der Waals surface area contributed by atoms with Crippen molar-refractivity contribution >= 4 is 45.1 Å². The number of carbonyl (C=O) groups excluding carboxylic acids is 2. The van der Waals surface area contributed by atoms with E-state index in [4.69, 9.17) is 0 Å². The lowest BCUT2D eigenvalue weighted by Crippen LogP contribution is -2.33. The van der Waals surface area contributed by atoms with E-state index in [9.17, 15) is 9.59 Å². The molecule has 7 heteroatoms. The highest BCUT2D eigenvalue weighted by molar-refractivity contribution is 9.10. The van der Waals surface area contributed by atoms with Gasteiger partial charge >= 0.3 is 0 Å². The number of nitrogens with zero attached hydrogens (tertiary/aromatic N) is 1. The summed E-state index contributed by atoms with van der Waals surface area (Å²) in [5, 5.41) is 6.02. The summed E-state index contributed by atoms with van der Waals surface area (Å²) in [7, 11) is 0. The van der Waals surface area contributed by atoms with Crippen molar-refractivity contribution in [2.24, 2.45) is 0 Å². The fourth-order valence-corrected chi connectivity index (χ4v) is 5.01. The van der Waals surface area contributed by atoms with Crippen LogP contribution in [0.4, 0.5) is 5.69 Å². The van der Waals surface area contributed by atoms with Gasteiger partial charge < -0.3 is 20.5 Å². The van der Waals surface area contributed by atoms with Gasteiger partial charge in [-0.05, 0) is 74.3 Å². The van der Waals surface area contributed by atoms with Gasteiger partial charge in [-0.15, -0.1) is 0 Å². The Morgan fingerprint density at radius 3 is 2.68 bits per heavy atom. The smallest absolute Gasteiger partial charge is 0.256 e.